The van der Waals surface area contributed by atoms with E-state index in [9.17, 15) is 9.90 Å². The first-order valence-corrected chi connectivity index (χ1v) is 12.5. The highest BCUT2D eigenvalue weighted by Crippen LogP contribution is 2.32. The number of carbonyl (C=O) groups is 1. The van der Waals surface area contributed by atoms with Crippen molar-refractivity contribution in [1.29, 1.82) is 0 Å². The van der Waals surface area contributed by atoms with Gasteiger partial charge in [0.05, 0.1) is 19.2 Å². The van der Waals surface area contributed by atoms with Crippen LogP contribution in [0, 0.1) is 27.7 Å². The van der Waals surface area contributed by atoms with Crippen LogP contribution in [0.1, 0.15) is 57.0 Å². The second-order valence-electron chi connectivity index (χ2n) is 9.98. The lowest BCUT2D eigenvalue weighted by Gasteiger charge is -2.29. The maximum absolute atomic E-state index is 13.1. The number of nitrogens with one attached hydrogen (secondary N) is 2. The van der Waals surface area contributed by atoms with Crippen LogP contribution in [0.25, 0.3) is 0 Å². The predicted molar refractivity (Wildman–Crippen MR) is 145 cm³/mol. The second-order valence-corrected chi connectivity index (χ2v) is 9.98. The van der Waals surface area contributed by atoms with Crippen molar-refractivity contribution in [2.75, 3.05) is 19.0 Å². The summed E-state index contributed by atoms with van der Waals surface area (Å²) in [7, 11) is 1.69. The molecule has 0 fully saturated rings. The van der Waals surface area contributed by atoms with E-state index in [1.54, 1.807) is 19.2 Å². The molecule has 5 N–H and O–H groups in total. The number of ether oxygens (including phenoxy) is 1. The van der Waals surface area contributed by atoms with Gasteiger partial charge in [0.25, 0.3) is 0 Å². The Hall–Kier alpha value is -3.51. The molecular weight excluding hydrogens is 450 g/mol. The summed E-state index contributed by atoms with van der Waals surface area (Å²) in [6, 6.07) is 13.3. The molecule has 1 amide bonds. The molecule has 4 rings (SSSR count). The van der Waals surface area contributed by atoms with E-state index in [1.807, 2.05) is 13.8 Å². The van der Waals surface area contributed by atoms with Gasteiger partial charge in [-0.2, -0.15) is 0 Å². The summed E-state index contributed by atoms with van der Waals surface area (Å²) in [5.41, 5.74) is 16.3. The van der Waals surface area contributed by atoms with Crippen LogP contribution in [0.4, 0.5) is 5.69 Å². The number of amides is 1. The summed E-state index contributed by atoms with van der Waals surface area (Å²) >= 11 is 0. The third-order valence-corrected chi connectivity index (χ3v) is 7.28. The molecule has 36 heavy (non-hydrogen) atoms. The Morgan fingerprint density at radius 1 is 1.06 bits per heavy atom. The van der Waals surface area contributed by atoms with Crippen molar-refractivity contribution in [2.24, 2.45) is 5.73 Å². The summed E-state index contributed by atoms with van der Waals surface area (Å²) in [6.07, 6.45) is 2.04. The van der Waals surface area contributed by atoms with Crippen molar-refractivity contribution in [1.82, 2.24) is 5.32 Å². The standard InChI is InChI=1S/C30H37N3O3/c1-17-10-22(34)11-18(2)25(17)16-27(31)30(35)33-29-8-9-32-28-7-6-21(15-26(28)29)14-24-19(3)12-23(36-5)13-20(24)4/h6-7,10-13,15,27,29,32,34H,8-9,14,16,31H2,1-5H3,(H,33,35). The Labute approximate surface area is 213 Å². The molecule has 1 aliphatic rings. The van der Waals surface area contributed by atoms with Crippen LogP contribution in [0.3, 0.4) is 0 Å². The Kier molecular flexibility index (Phi) is 7.55. The van der Waals surface area contributed by atoms with Gasteiger partial charge in [-0.25, -0.2) is 0 Å². The highest BCUT2D eigenvalue weighted by Gasteiger charge is 2.25. The molecule has 190 valence electrons. The molecule has 0 spiro atoms. The maximum atomic E-state index is 13.1. The van der Waals surface area contributed by atoms with Crippen molar-refractivity contribution >= 4 is 11.6 Å². The van der Waals surface area contributed by atoms with Gasteiger partial charge in [0.2, 0.25) is 5.91 Å². The molecule has 1 aliphatic heterocycles. The van der Waals surface area contributed by atoms with Gasteiger partial charge in [0, 0.05) is 12.2 Å². The predicted octanol–water partition coefficient (Wildman–Crippen LogP) is 4.77. The number of anilines is 1. The second kappa shape index (κ2) is 10.6. The SMILES string of the molecule is COc1cc(C)c(Cc2ccc3c(c2)C(NC(=O)C(N)Cc2c(C)cc(O)cc2C)CCN3)c(C)c1. The van der Waals surface area contributed by atoms with Gasteiger partial charge in [0.15, 0.2) is 0 Å². The molecule has 0 saturated heterocycles. The van der Waals surface area contributed by atoms with Gasteiger partial charge in [-0.3, -0.25) is 4.79 Å². The number of hydrogen-bond donors (Lipinski definition) is 4. The topological polar surface area (TPSA) is 96.6 Å². The van der Waals surface area contributed by atoms with Crippen molar-refractivity contribution in [2.45, 2.75) is 59.0 Å². The molecule has 1 heterocycles. The number of aromatic hydroxyl groups is 1. The largest absolute Gasteiger partial charge is 0.508 e. The van der Waals surface area contributed by atoms with Crippen molar-refractivity contribution in [3.05, 3.63) is 87.0 Å². The molecule has 3 aromatic rings. The van der Waals surface area contributed by atoms with Gasteiger partial charge in [-0.1, -0.05) is 12.1 Å². The van der Waals surface area contributed by atoms with E-state index in [0.717, 1.165) is 53.1 Å². The Bertz CT molecular complexity index is 1240. The zero-order valence-electron chi connectivity index (χ0n) is 21.9. The molecule has 2 unspecified atom stereocenters. The number of nitrogens with two attached hydrogens (primary N) is 1. The third-order valence-electron chi connectivity index (χ3n) is 7.28. The Morgan fingerprint density at radius 3 is 2.33 bits per heavy atom. The maximum Gasteiger partial charge on any atom is 0.237 e. The van der Waals surface area contributed by atoms with E-state index in [4.69, 9.17) is 10.5 Å². The lowest BCUT2D eigenvalue weighted by atomic mass is 9.91. The zero-order valence-corrected chi connectivity index (χ0v) is 21.9. The summed E-state index contributed by atoms with van der Waals surface area (Å²) in [5, 5.41) is 16.5. The molecule has 0 aliphatic carbocycles. The number of fused-ring (bicyclic) bond motifs is 1. The van der Waals surface area contributed by atoms with Crippen LogP contribution in [0.15, 0.2) is 42.5 Å². The third kappa shape index (κ3) is 5.49. The van der Waals surface area contributed by atoms with E-state index < -0.39 is 6.04 Å². The monoisotopic (exact) mass is 487 g/mol. The van der Waals surface area contributed by atoms with Crippen molar-refractivity contribution < 1.29 is 14.6 Å². The van der Waals surface area contributed by atoms with Gasteiger partial charge in [0.1, 0.15) is 11.5 Å². The number of rotatable bonds is 7. The molecule has 0 aromatic heterocycles. The molecule has 2 atom stereocenters. The summed E-state index contributed by atoms with van der Waals surface area (Å²) in [6.45, 7) is 8.89. The minimum absolute atomic E-state index is 0.0974. The highest BCUT2D eigenvalue weighted by molar-refractivity contribution is 5.82. The first-order chi connectivity index (χ1) is 17.2. The Morgan fingerprint density at radius 2 is 1.69 bits per heavy atom. The molecule has 0 radical (unpaired) electrons. The van der Waals surface area contributed by atoms with Crippen LogP contribution in [-0.2, 0) is 17.6 Å². The van der Waals surface area contributed by atoms with E-state index in [0.29, 0.717) is 6.42 Å². The summed E-state index contributed by atoms with van der Waals surface area (Å²) in [4.78, 5) is 13.1. The van der Waals surface area contributed by atoms with Gasteiger partial charge >= 0.3 is 0 Å². The highest BCUT2D eigenvalue weighted by atomic mass is 16.5. The fourth-order valence-electron chi connectivity index (χ4n) is 5.27. The van der Waals surface area contributed by atoms with E-state index >= 15 is 0 Å². The fourth-order valence-corrected chi connectivity index (χ4v) is 5.27. The molecule has 0 bridgehead atoms. The Balaban J connectivity index is 1.51. The lowest BCUT2D eigenvalue weighted by molar-refractivity contribution is -0.123. The van der Waals surface area contributed by atoms with Crippen molar-refractivity contribution in [3.63, 3.8) is 0 Å². The molecular formula is C30H37N3O3. The van der Waals surface area contributed by atoms with Crippen LogP contribution in [0.2, 0.25) is 0 Å². The molecule has 6 heteroatoms. The van der Waals surface area contributed by atoms with Crippen molar-refractivity contribution in [3.8, 4) is 11.5 Å². The number of carbonyl (C=O) groups excluding carboxylic acids is 1. The molecule has 0 saturated carbocycles. The molecule has 6 nitrogen and oxygen atoms in total. The smallest absolute Gasteiger partial charge is 0.237 e. The van der Waals surface area contributed by atoms with Crippen LogP contribution < -0.4 is 21.1 Å². The molecule has 3 aromatic carbocycles. The van der Waals surface area contributed by atoms with Crippen LogP contribution in [-0.4, -0.2) is 30.7 Å². The van der Waals surface area contributed by atoms with Gasteiger partial charge in [-0.05, 0) is 122 Å². The van der Waals surface area contributed by atoms with E-state index in [-0.39, 0.29) is 17.7 Å². The number of hydrogen-bond acceptors (Lipinski definition) is 5. The van der Waals surface area contributed by atoms with Crippen LogP contribution >= 0.6 is 0 Å². The van der Waals surface area contributed by atoms with Gasteiger partial charge < -0.3 is 26.2 Å². The minimum atomic E-state index is -0.668. The van der Waals surface area contributed by atoms with E-state index in [1.165, 1.54) is 22.3 Å². The fraction of sp³-hybridized carbons (Fsp3) is 0.367. The minimum Gasteiger partial charge on any atom is -0.508 e. The van der Waals surface area contributed by atoms with Crippen LogP contribution in [0.5, 0.6) is 11.5 Å². The number of phenols is 1. The zero-order chi connectivity index (χ0) is 26.0. The average molecular weight is 488 g/mol. The van der Waals surface area contributed by atoms with E-state index in [2.05, 4.69) is 54.8 Å². The normalized spacial score (nSPS) is 15.6. The number of benzene rings is 3. The first kappa shape index (κ1) is 25.6. The summed E-state index contributed by atoms with van der Waals surface area (Å²) < 4.78 is 5.41. The van der Waals surface area contributed by atoms with Gasteiger partial charge in [-0.15, -0.1) is 0 Å². The number of phenolic OH excluding ortho intramolecular Hbond substituents is 1. The number of aryl methyl sites for hydroxylation is 4. The summed E-state index contributed by atoms with van der Waals surface area (Å²) in [5.74, 6) is 0.945. The lowest BCUT2D eigenvalue weighted by Crippen LogP contribution is -2.44. The number of methoxy groups -OCH3 is 1. The average Bonchev–Trinajstić information content (AvgIpc) is 2.83. The quantitative estimate of drug-likeness (QED) is 0.385. The first-order valence-electron chi connectivity index (χ1n) is 12.5.